The highest BCUT2D eigenvalue weighted by Crippen LogP contribution is 2.39. The topological polar surface area (TPSA) is 18.5 Å². The fourth-order valence-electron chi connectivity index (χ4n) is 4.33. The predicted molar refractivity (Wildman–Crippen MR) is 113 cm³/mol. The molecular formula is C25H29F5O2. The third-order valence-electron chi connectivity index (χ3n) is 6.08. The molecule has 1 saturated carbocycles. The lowest BCUT2D eigenvalue weighted by Gasteiger charge is -2.29. The van der Waals surface area contributed by atoms with Gasteiger partial charge in [-0.1, -0.05) is 44.7 Å². The Bertz CT molecular complexity index is 823. The van der Waals surface area contributed by atoms with E-state index in [9.17, 15) is 22.0 Å². The van der Waals surface area contributed by atoms with Gasteiger partial charge in [0.15, 0.2) is 0 Å². The molecule has 1 aliphatic carbocycles. The second kappa shape index (κ2) is 10.5. The Hall–Kier alpha value is -2.31. The van der Waals surface area contributed by atoms with E-state index < -0.39 is 18.2 Å². The molecule has 32 heavy (non-hydrogen) atoms. The summed E-state index contributed by atoms with van der Waals surface area (Å²) in [7, 11) is 0. The van der Waals surface area contributed by atoms with E-state index in [4.69, 9.17) is 4.74 Å². The van der Waals surface area contributed by atoms with E-state index in [0.29, 0.717) is 5.92 Å². The predicted octanol–water partition coefficient (Wildman–Crippen LogP) is 8.57. The summed E-state index contributed by atoms with van der Waals surface area (Å²) in [5.74, 6) is 0.414. The van der Waals surface area contributed by atoms with Gasteiger partial charge in [-0.2, -0.15) is 8.78 Å². The van der Waals surface area contributed by atoms with Gasteiger partial charge in [0, 0.05) is 0 Å². The normalized spacial score (nSPS) is 19.6. The highest BCUT2D eigenvalue weighted by molar-refractivity contribution is 5.33. The van der Waals surface area contributed by atoms with Crippen molar-refractivity contribution in [1.29, 1.82) is 0 Å². The molecule has 1 fully saturated rings. The minimum atomic E-state index is -4.84. The molecule has 0 amide bonds. The Kier molecular flexibility index (Phi) is 8.01. The Morgan fingerprint density at radius 1 is 0.750 bits per heavy atom. The Morgan fingerprint density at radius 2 is 1.31 bits per heavy atom. The zero-order valence-electron chi connectivity index (χ0n) is 18.1. The van der Waals surface area contributed by atoms with Crippen LogP contribution >= 0.6 is 0 Å². The fraction of sp³-hybridized carbons (Fsp3) is 0.520. The van der Waals surface area contributed by atoms with E-state index in [-0.39, 0.29) is 11.3 Å². The first-order valence-electron chi connectivity index (χ1n) is 11.2. The van der Waals surface area contributed by atoms with Gasteiger partial charge in [0.25, 0.3) is 0 Å². The van der Waals surface area contributed by atoms with Crippen LogP contribution in [0.1, 0.15) is 75.3 Å². The van der Waals surface area contributed by atoms with Crippen molar-refractivity contribution in [2.45, 2.75) is 76.7 Å². The molecule has 0 radical (unpaired) electrons. The van der Waals surface area contributed by atoms with Crippen molar-refractivity contribution in [3.63, 3.8) is 0 Å². The molecule has 0 spiro atoms. The van der Waals surface area contributed by atoms with E-state index in [0.717, 1.165) is 48.6 Å². The van der Waals surface area contributed by atoms with Gasteiger partial charge < -0.3 is 9.47 Å². The standard InChI is InChI=1S/C25H29F5O2/c1-2-3-4-5-18-6-8-19(9-7-18)20-10-12-21(13-11-20)24(26,27)31-22-14-16-23(17-15-22)32-25(28,29)30/h10-19H,2-9H2,1H3. The van der Waals surface area contributed by atoms with E-state index in [1.165, 1.54) is 50.7 Å². The van der Waals surface area contributed by atoms with E-state index >= 15 is 0 Å². The lowest BCUT2D eigenvalue weighted by Crippen LogP contribution is -2.22. The highest BCUT2D eigenvalue weighted by atomic mass is 19.4. The van der Waals surface area contributed by atoms with Crippen molar-refractivity contribution < 1.29 is 31.4 Å². The minimum absolute atomic E-state index is 0.255. The second-order valence-corrected chi connectivity index (χ2v) is 8.47. The number of ether oxygens (including phenoxy) is 2. The number of alkyl halides is 5. The molecule has 0 saturated heterocycles. The molecule has 0 N–H and O–H groups in total. The second-order valence-electron chi connectivity index (χ2n) is 8.47. The van der Waals surface area contributed by atoms with Gasteiger partial charge in [0.05, 0.1) is 5.56 Å². The highest BCUT2D eigenvalue weighted by Gasteiger charge is 2.35. The molecule has 2 nitrogen and oxygen atoms in total. The Balaban J connectivity index is 1.55. The van der Waals surface area contributed by atoms with Crippen molar-refractivity contribution in [1.82, 2.24) is 0 Å². The van der Waals surface area contributed by atoms with Crippen LogP contribution < -0.4 is 9.47 Å². The third-order valence-corrected chi connectivity index (χ3v) is 6.08. The van der Waals surface area contributed by atoms with Crippen LogP contribution in [0.15, 0.2) is 48.5 Å². The number of benzene rings is 2. The molecule has 0 bridgehead atoms. The van der Waals surface area contributed by atoms with Gasteiger partial charge in [0.1, 0.15) is 11.5 Å². The SMILES string of the molecule is CCCCCC1CCC(c2ccc(C(F)(F)Oc3ccc(OC(F)(F)F)cc3)cc2)CC1. The summed E-state index contributed by atoms with van der Waals surface area (Å²) in [6, 6.07) is 10.1. The van der Waals surface area contributed by atoms with Crippen molar-refractivity contribution in [3.05, 3.63) is 59.7 Å². The van der Waals surface area contributed by atoms with Crippen LogP contribution in [-0.2, 0) is 6.11 Å². The van der Waals surface area contributed by atoms with Crippen LogP contribution in [-0.4, -0.2) is 6.36 Å². The molecule has 3 rings (SSSR count). The molecule has 0 aromatic heterocycles. The molecule has 0 unspecified atom stereocenters. The van der Waals surface area contributed by atoms with Crippen molar-refractivity contribution >= 4 is 0 Å². The van der Waals surface area contributed by atoms with Crippen LogP contribution in [0.25, 0.3) is 0 Å². The quantitative estimate of drug-likeness (QED) is 0.278. The molecule has 176 valence electrons. The average molecular weight is 456 g/mol. The first-order chi connectivity index (χ1) is 15.2. The number of hydrogen-bond acceptors (Lipinski definition) is 2. The van der Waals surface area contributed by atoms with Crippen LogP contribution in [0.5, 0.6) is 11.5 Å². The minimum Gasteiger partial charge on any atom is -0.429 e. The summed E-state index contributed by atoms with van der Waals surface area (Å²) in [5, 5.41) is 0. The largest absolute Gasteiger partial charge is 0.573 e. The number of rotatable bonds is 9. The van der Waals surface area contributed by atoms with Crippen molar-refractivity contribution in [3.8, 4) is 11.5 Å². The average Bonchev–Trinajstić information content (AvgIpc) is 2.75. The maximum atomic E-state index is 14.6. The summed E-state index contributed by atoms with van der Waals surface area (Å²) in [4.78, 5) is 0. The van der Waals surface area contributed by atoms with Crippen LogP contribution in [0, 0.1) is 5.92 Å². The first-order valence-corrected chi connectivity index (χ1v) is 11.2. The van der Waals surface area contributed by atoms with E-state index in [1.807, 2.05) is 0 Å². The van der Waals surface area contributed by atoms with Gasteiger partial charge in [0.2, 0.25) is 0 Å². The Labute approximate surface area is 185 Å². The molecule has 7 heteroatoms. The fourth-order valence-corrected chi connectivity index (χ4v) is 4.33. The summed E-state index contributed by atoms with van der Waals surface area (Å²) in [6.45, 7) is 2.21. The van der Waals surface area contributed by atoms with Crippen LogP contribution in [0.4, 0.5) is 22.0 Å². The summed E-state index contributed by atoms with van der Waals surface area (Å²) < 4.78 is 74.2. The Morgan fingerprint density at radius 3 is 1.84 bits per heavy atom. The van der Waals surface area contributed by atoms with Gasteiger partial charge >= 0.3 is 12.5 Å². The number of hydrogen-bond donors (Lipinski definition) is 0. The van der Waals surface area contributed by atoms with E-state index in [1.54, 1.807) is 12.1 Å². The van der Waals surface area contributed by atoms with Gasteiger partial charge in [-0.25, -0.2) is 0 Å². The monoisotopic (exact) mass is 456 g/mol. The maximum Gasteiger partial charge on any atom is 0.573 e. The van der Waals surface area contributed by atoms with E-state index in [2.05, 4.69) is 11.7 Å². The van der Waals surface area contributed by atoms with Crippen LogP contribution in [0.2, 0.25) is 0 Å². The van der Waals surface area contributed by atoms with Crippen molar-refractivity contribution in [2.24, 2.45) is 5.92 Å². The third kappa shape index (κ3) is 7.10. The molecule has 0 heterocycles. The molecule has 0 atom stereocenters. The smallest absolute Gasteiger partial charge is 0.429 e. The molecular weight excluding hydrogens is 427 g/mol. The number of unbranched alkanes of at least 4 members (excludes halogenated alkanes) is 2. The number of halogens is 5. The molecule has 1 aliphatic rings. The summed E-state index contributed by atoms with van der Waals surface area (Å²) >= 11 is 0. The lowest BCUT2D eigenvalue weighted by molar-refractivity contribution is -0.274. The lowest BCUT2D eigenvalue weighted by atomic mass is 9.77. The zero-order valence-corrected chi connectivity index (χ0v) is 18.1. The van der Waals surface area contributed by atoms with Gasteiger partial charge in [-0.3, -0.25) is 0 Å². The van der Waals surface area contributed by atoms with Crippen LogP contribution in [0.3, 0.4) is 0 Å². The van der Waals surface area contributed by atoms with Gasteiger partial charge in [-0.15, -0.1) is 13.2 Å². The first kappa shape index (κ1) is 24.3. The van der Waals surface area contributed by atoms with Crippen molar-refractivity contribution in [2.75, 3.05) is 0 Å². The molecule has 0 aliphatic heterocycles. The summed E-state index contributed by atoms with van der Waals surface area (Å²) in [5.41, 5.74) is 0.760. The maximum absolute atomic E-state index is 14.6. The zero-order chi connectivity index (χ0) is 23.2. The molecule has 2 aromatic rings. The molecule has 2 aromatic carbocycles. The van der Waals surface area contributed by atoms with Gasteiger partial charge in [-0.05, 0) is 79.5 Å². The summed E-state index contributed by atoms with van der Waals surface area (Å²) in [6.07, 6.45) is 1.15.